The minimum Gasteiger partial charge on any atom is -0.445 e. The minimum absolute atomic E-state index is 0.332. The zero-order valence-corrected chi connectivity index (χ0v) is 7.27. The van der Waals surface area contributed by atoms with Gasteiger partial charge in [-0.25, -0.2) is 0 Å². The molecule has 0 aromatic heterocycles. The lowest BCUT2D eigenvalue weighted by Gasteiger charge is -2.03. The molecule has 0 aromatic rings. The molecule has 0 N–H and O–H groups in total. The van der Waals surface area contributed by atoms with Gasteiger partial charge in [-0.15, -0.1) is 0 Å². The van der Waals surface area contributed by atoms with Crippen molar-refractivity contribution in [2.45, 2.75) is 12.5 Å². The molecule has 0 rings (SSSR count). The summed E-state index contributed by atoms with van der Waals surface area (Å²) in [6.07, 6.45) is 0. The van der Waals surface area contributed by atoms with Crippen LogP contribution < -0.4 is 0 Å². The highest BCUT2D eigenvalue weighted by atomic mass is 127. The monoisotopic (exact) mass is 248 g/mol. The first-order chi connectivity index (χ1) is 3.66. The number of carbonyl (C=O) groups excluding carboxylic acids is 1. The average Bonchev–Trinajstić information content (AvgIpc) is 1.65. The molecule has 0 spiro atoms. The predicted molar refractivity (Wildman–Crippen MR) is 40.3 cm³/mol. The lowest BCUT2D eigenvalue weighted by molar-refractivity contribution is -0.141. The Labute approximate surface area is 66.7 Å². The number of halogens is 2. The van der Waals surface area contributed by atoms with Gasteiger partial charge in [0.1, 0.15) is 0 Å². The molecule has 0 aliphatic carbocycles. The Bertz CT molecular complexity index is 86.1. The van der Waals surface area contributed by atoms with E-state index in [0.29, 0.717) is 4.43 Å². The van der Waals surface area contributed by atoms with Crippen LogP contribution in [0.2, 0.25) is 0 Å². The van der Waals surface area contributed by atoms with Gasteiger partial charge in [0, 0.05) is 6.92 Å². The summed E-state index contributed by atoms with van der Waals surface area (Å²) in [5.74, 6) is -0.332. The van der Waals surface area contributed by atoms with Gasteiger partial charge in [0.05, 0.1) is 4.43 Å². The number of esters is 1. The van der Waals surface area contributed by atoms with Gasteiger partial charge in [-0.05, 0) is 0 Å². The zero-order chi connectivity index (χ0) is 6.57. The van der Waals surface area contributed by atoms with E-state index in [9.17, 15) is 4.79 Å². The summed E-state index contributed by atoms with van der Waals surface area (Å²) < 4.78 is 5.14. The molecule has 0 heterocycles. The molecule has 48 valence electrons. The lowest BCUT2D eigenvalue weighted by atomic mass is 10.8. The Balaban J connectivity index is 3.24. The van der Waals surface area contributed by atoms with E-state index < -0.39 is 5.56 Å². The summed E-state index contributed by atoms with van der Waals surface area (Å²) in [6, 6.07) is 0. The third kappa shape index (κ3) is 4.64. The minimum atomic E-state index is -0.465. The van der Waals surface area contributed by atoms with E-state index >= 15 is 0 Å². The van der Waals surface area contributed by atoms with Gasteiger partial charge >= 0.3 is 5.97 Å². The van der Waals surface area contributed by atoms with Gasteiger partial charge < -0.3 is 4.74 Å². The number of carbonyl (C=O) groups is 1. The molecule has 0 saturated carbocycles. The fraction of sp³-hybridized carbons (Fsp3) is 0.750. The number of rotatable bonds is 2. The maximum absolute atomic E-state index is 10.1. The van der Waals surface area contributed by atoms with Crippen LogP contribution in [0.5, 0.6) is 0 Å². The van der Waals surface area contributed by atoms with Crippen molar-refractivity contribution < 1.29 is 9.53 Å². The van der Waals surface area contributed by atoms with Crippen LogP contribution >= 0.6 is 34.2 Å². The van der Waals surface area contributed by atoms with E-state index in [-0.39, 0.29) is 5.97 Å². The van der Waals surface area contributed by atoms with Crippen molar-refractivity contribution in [3.63, 3.8) is 0 Å². The van der Waals surface area contributed by atoms with Crippen LogP contribution in [0, 0.1) is 0 Å². The van der Waals surface area contributed by atoms with Crippen molar-refractivity contribution >= 4 is 40.2 Å². The van der Waals surface area contributed by atoms with Gasteiger partial charge in [0.15, 0.2) is 5.56 Å². The SMILES string of the molecule is CC(=O)OC(Cl)CI. The maximum Gasteiger partial charge on any atom is 0.304 e. The number of alkyl halides is 2. The van der Waals surface area contributed by atoms with Gasteiger partial charge in [-0.1, -0.05) is 34.2 Å². The molecule has 1 unspecified atom stereocenters. The van der Waals surface area contributed by atoms with Crippen molar-refractivity contribution in [3.8, 4) is 0 Å². The third-order valence-electron chi connectivity index (χ3n) is 0.415. The molecule has 0 saturated heterocycles. The third-order valence-corrected chi connectivity index (χ3v) is 1.98. The second-order valence-corrected chi connectivity index (χ2v) is 2.54. The Hall–Kier alpha value is 0.490. The van der Waals surface area contributed by atoms with Gasteiger partial charge in [0.2, 0.25) is 0 Å². The molecule has 4 heteroatoms. The fourth-order valence-corrected chi connectivity index (χ4v) is 0.517. The van der Waals surface area contributed by atoms with Crippen molar-refractivity contribution in [1.29, 1.82) is 0 Å². The Morgan fingerprint density at radius 1 is 2.00 bits per heavy atom. The first-order valence-corrected chi connectivity index (χ1v) is 4.00. The molecule has 1 atom stereocenters. The largest absolute Gasteiger partial charge is 0.445 e. The molecule has 0 radical (unpaired) electrons. The highest BCUT2D eigenvalue weighted by molar-refractivity contribution is 14.1. The number of hydrogen-bond donors (Lipinski definition) is 0. The molecule has 0 fully saturated rings. The van der Waals surface area contributed by atoms with E-state index in [4.69, 9.17) is 11.6 Å². The van der Waals surface area contributed by atoms with Crippen molar-refractivity contribution in [2.75, 3.05) is 4.43 Å². The lowest BCUT2D eigenvalue weighted by Crippen LogP contribution is -2.09. The van der Waals surface area contributed by atoms with Crippen LogP contribution in [0.4, 0.5) is 0 Å². The van der Waals surface area contributed by atoms with Crippen LogP contribution in [0.25, 0.3) is 0 Å². The van der Waals surface area contributed by atoms with Crippen molar-refractivity contribution in [1.82, 2.24) is 0 Å². The predicted octanol–water partition coefficient (Wildman–Crippen LogP) is 1.55. The molecule has 0 aliphatic rings. The van der Waals surface area contributed by atoms with Crippen LogP contribution in [0.3, 0.4) is 0 Å². The molecule has 8 heavy (non-hydrogen) atoms. The van der Waals surface area contributed by atoms with Gasteiger partial charge in [-0.2, -0.15) is 0 Å². The van der Waals surface area contributed by atoms with Crippen molar-refractivity contribution in [3.05, 3.63) is 0 Å². The number of hydrogen-bond acceptors (Lipinski definition) is 2. The second kappa shape index (κ2) is 4.38. The highest BCUT2D eigenvalue weighted by Gasteiger charge is 2.02. The molecule has 0 aromatic carbocycles. The van der Waals surface area contributed by atoms with Gasteiger partial charge in [-0.3, -0.25) is 4.79 Å². The quantitative estimate of drug-likeness (QED) is 0.421. The van der Waals surface area contributed by atoms with E-state index in [2.05, 4.69) is 4.74 Å². The van der Waals surface area contributed by atoms with Crippen LogP contribution in [0.15, 0.2) is 0 Å². The zero-order valence-electron chi connectivity index (χ0n) is 4.36. The Kier molecular flexibility index (Phi) is 4.64. The molecular formula is C4H6ClIO2. The maximum atomic E-state index is 10.1. The van der Waals surface area contributed by atoms with E-state index in [1.54, 1.807) is 0 Å². The first-order valence-electron chi connectivity index (χ1n) is 2.04. The average molecular weight is 248 g/mol. The summed E-state index contributed by atoms with van der Waals surface area (Å²) >= 11 is 7.45. The topological polar surface area (TPSA) is 26.3 Å². The van der Waals surface area contributed by atoms with E-state index in [0.717, 1.165) is 0 Å². The standard InChI is InChI=1S/C4H6ClIO2/c1-3(7)8-4(5)2-6/h4H,2H2,1H3. The molecule has 0 bridgehead atoms. The Morgan fingerprint density at radius 2 is 2.50 bits per heavy atom. The first kappa shape index (κ1) is 8.49. The summed E-state index contributed by atoms with van der Waals surface area (Å²) in [6.45, 7) is 1.34. The summed E-state index contributed by atoms with van der Waals surface area (Å²) in [5.41, 5.74) is -0.465. The molecule has 0 aliphatic heterocycles. The normalized spacial score (nSPS) is 12.9. The summed E-state index contributed by atoms with van der Waals surface area (Å²) in [4.78, 5) is 10.1. The summed E-state index contributed by atoms with van der Waals surface area (Å²) in [5, 5.41) is 0. The number of ether oxygens (including phenoxy) is 1. The van der Waals surface area contributed by atoms with Crippen LogP contribution in [-0.4, -0.2) is 16.0 Å². The van der Waals surface area contributed by atoms with Crippen LogP contribution in [0.1, 0.15) is 6.92 Å². The van der Waals surface area contributed by atoms with E-state index in [1.165, 1.54) is 6.92 Å². The van der Waals surface area contributed by atoms with E-state index in [1.807, 2.05) is 22.6 Å². The fourth-order valence-electron chi connectivity index (χ4n) is 0.212. The molecular weight excluding hydrogens is 242 g/mol. The Morgan fingerprint density at radius 3 is 2.62 bits per heavy atom. The van der Waals surface area contributed by atoms with Gasteiger partial charge in [0.25, 0.3) is 0 Å². The smallest absolute Gasteiger partial charge is 0.304 e. The second-order valence-electron chi connectivity index (χ2n) is 1.17. The summed E-state index contributed by atoms with van der Waals surface area (Å²) in [7, 11) is 0. The van der Waals surface area contributed by atoms with Crippen LogP contribution in [-0.2, 0) is 9.53 Å². The molecule has 2 nitrogen and oxygen atoms in total. The van der Waals surface area contributed by atoms with Crippen molar-refractivity contribution in [2.24, 2.45) is 0 Å². The molecule has 0 amide bonds. The highest BCUT2D eigenvalue weighted by Crippen LogP contribution is 2.01.